The van der Waals surface area contributed by atoms with E-state index in [1.165, 1.54) is 42.5 Å². The van der Waals surface area contributed by atoms with E-state index in [1.807, 2.05) is 6.07 Å². The molecule has 0 bridgehead atoms. The third kappa shape index (κ3) is 3.35. The van der Waals surface area contributed by atoms with Gasteiger partial charge in [0.05, 0.1) is 16.6 Å². The minimum atomic E-state index is -0.606. The Balaban J connectivity index is 2.28. The molecule has 104 valence electrons. The molecule has 0 aromatic heterocycles. The average Bonchev–Trinajstić information content (AvgIpc) is 2.47. The van der Waals surface area contributed by atoms with E-state index in [9.17, 15) is 14.9 Å². The molecule has 0 spiro atoms. The lowest BCUT2D eigenvalue weighted by Gasteiger charge is -2.06. The lowest BCUT2D eigenvalue weighted by molar-refractivity contribution is -0.383. The molecule has 1 amide bonds. The molecular formula is C14H8ClN3O3. The fourth-order valence-corrected chi connectivity index (χ4v) is 1.83. The highest BCUT2D eigenvalue weighted by Gasteiger charge is 2.17. The highest BCUT2D eigenvalue weighted by Crippen LogP contribution is 2.28. The highest BCUT2D eigenvalue weighted by atomic mass is 35.5. The molecule has 0 radical (unpaired) electrons. The Morgan fingerprint density at radius 3 is 2.48 bits per heavy atom. The Hall–Kier alpha value is -2.91. The SMILES string of the molecule is N#Cc1ccc(C(=O)Nc2cc(Cl)ccc2[N+](=O)[O-])cc1. The van der Waals surface area contributed by atoms with Crippen molar-refractivity contribution in [3.8, 4) is 6.07 Å². The van der Waals surface area contributed by atoms with Gasteiger partial charge >= 0.3 is 0 Å². The van der Waals surface area contributed by atoms with Crippen LogP contribution in [0.4, 0.5) is 11.4 Å². The second-order valence-corrected chi connectivity index (χ2v) is 4.50. The standard InChI is InChI=1S/C14H8ClN3O3/c15-11-5-6-13(18(20)21)12(7-11)17-14(19)10-3-1-9(8-16)2-4-10/h1-7H,(H,17,19). The third-order valence-corrected chi connectivity index (χ3v) is 2.91. The van der Waals surface area contributed by atoms with Crippen molar-refractivity contribution in [1.29, 1.82) is 5.26 Å². The number of halogens is 1. The molecule has 2 aromatic carbocycles. The summed E-state index contributed by atoms with van der Waals surface area (Å²) in [5, 5.41) is 22.3. The van der Waals surface area contributed by atoms with Crippen molar-refractivity contribution in [3.63, 3.8) is 0 Å². The average molecular weight is 302 g/mol. The van der Waals surface area contributed by atoms with Crippen LogP contribution in [0.3, 0.4) is 0 Å². The predicted octanol–water partition coefficient (Wildman–Crippen LogP) is 3.37. The summed E-state index contributed by atoms with van der Waals surface area (Å²) in [6.07, 6.45) is 0. The maximum atomic E-state index is 12.0. The van der Waals surface area contributed by atoms with Gasteiger partial charge in [0.25, 0.3) is 11.6 Å². The Labute approximate surface area is 124 Å². The minimum absolute atomic E-state index is 0.0156. The molecule has 0 aliphatic carbocycles. The predicted molar refractivity (Wildman–Crippen MR) is 77.2 cm³/mol. The zero-order valence-electron chi connectivity index (χ0n) is 10.5. The number of nitrogens with one attached hydrogen (secondary N) is 1. The Bertz CT molecular complexity index is 751. The van der Waals surface area contributed by atoms with Crippen LogP contribution in [0.1, 0.15) is 15.9 Å². The Morgan fingerprint density at radius 1 is 1.24 bits per heavy atom. The molecular weight excluding hydrogens is 294 g/mol. The molecule has 0 aliphatic heterocycles. The molecule has 0 saturated heterocycles. The summed E-state index contributed by atoms with van der Waals surface area (Å²) >= 11 is 5.78. The molecule has 0 unspecified atom stereocenters. The van der Waals surface area contributed by atoms with E-state index in [4.69, 9.17) is 16.9 Å². The largest absolute Gasteiger partial charge is 0.316 e. The number of carbonyl (C=O) groups is 1. The summed E-state index contributed by atoms with van der Waals surface area (Å²) in [5.74, 6) is -0.523. The van der Waals surface area contributed by atoms with Crippen molar-refractivity contribution in [2.24, 2.45) is 0 Å². The number of rotatable bonds is 3. The molecule has 6 nitrogen and oxygen atoms in total. The van der Waals surface area contributed by atoms with Crippen molar-refractivity contribution >= 4 is 28.9 Å². The molecule has 0 saturated carbocycles. The smallest absolute Gasteiger partial charge is 0.292 e. The summed E-state index contributed by atoms with van der Waals surface area (Å²) in [4.78, 5) is 22.3. The maximum Gasteiger partial charge on any atom is 0.292 e. The number of nitrogens with zero attached hydrogens (tertiary/aromatic N) is 2. The van der Waals surface area contributed by atoms with E-state index in [-0.39, 0.29) is 22.0 Å². The van der Waals surface area contributed by atoms with Gasteiger partial charge in [-0.3, -0.25) is 14.9 Å². The van der Waals surface area contributed by atoms with Crippen molar-refractivity contribution in [1.82, 2.24) is 0 Å². The quantitative estimate of drug-likeness (QED) is 0.694. The number of hydrogen-bond acceptors (Lipinski definition) is 4. The summed E-state index contributed by atoms with van der Waals surface area (Å²) in [6, 6.07) is 11.7. The molecule has 21 heavy (non-hydrogen) atoms. The van der Waals surface area contributed by atoms with E-state index in [1.54, 1.807) is 0 Å². The van der Waals surface area contributed by atoms with Gasteiger partial charge in [-0.25, -0.2) is 0 Å². The van der Waals surface area contributed by atoms with E-state index in [2.05, 4.69) is 5.32 Å². The number of carbonyl (C=O) groups excluding carboxylic acids is 1. The van der Waals surface area contributed by atoms with Crippen LogP contribution in [0, 0.1) is 21.4 Å². The molecule has 2 aromatic rings. The Morgan fingerprint density at radius 2 is 1.90 bits per heavy atom. The summed E-state index contributed by atoms with van der Waals surface area (Å²) in [5.41, 5.74) is 0.465. The number of amides is 1. The van der Waals surface area contributed by atoms with Gasteiger partial charge in [0.2, 0.25) is 0 Å². The Kier molecular flexibility index (Phi) is 4.16. The van der Waals surface area contributed by atoms with Crippen LogP contribution >= 0.6 is 11.6 Å². The van der Waals surface area contributed by atoms with Crippen LogP contribution in [-0.2, 0) is 0 Å². The normalized spacial score (nSPS) is 9.71. The van der Waals surface area contributed by atoms with E-state index < -0.39 is 10.8 Å². The number of anilines is 1. The fraction of sp³-hybridized carbons (Fsp3) is 0. The van der Waals surface area contributed by atoms with Crippen molar-refractivity contribution in [2.75, 3.05) is 5.32 Å². The zero-order valence-corrected chi connectivity index (χ0v) is 11.3. The van der Waals surface area contributed by atoms with Crippen LogP contribution < -0.4 is 5.32 Å². The molecule has 2 rings (SSSR count). The summed E-state index contributed by atoms with van der Waals surface area (Å²) in [6.45, 7) is 0. The fourth-order valence-electron chi connectivity index (χ4n) is 1.66. The first-order valence-corrected chi connectivity index (χ1v) is 6.14. The van der Waals surface area contributed by atoms with E-state index in [0.717, 1.165) is 0 Å². The molecule has 0 atom stereocenters. The van der Waals surface area contributed by atoms with Crippen LogP contribution in [0.25, 0.3) is 0 Å². The van der Waals surface area contributed by atoms with Gasteiger partial charge in [0.1, 0.15) is 5.69 Å². The van der Waals surface area contributed by atoms with Crippen LogP contribution in [0.2, 0.25) is 5.02 Å². The molecule has 0 aliphatic rings. The third-order valence-electron chi connectivity index (χ3n) is 2.68. The summed E-state index contributed by atoms with van der Waals surface area (Å²) in [7, 11) is 0. The monoisotopic (exact) mass is 301 g/mol. The van der Waals surface area contributed by atoms with Crippen molar-refractivity contribution in [3.05, 3.63) is 68.7 Å². The van der Waals surface area contributed by atoms with Gasteiger partial charge < -0.3 is 5.32 Å². The van der Waals surface area contributed by atoms with Gasteiger partial charge in [0, 0.05) is 16.7 Å². The number of benzene rings is 2. The first kappa shape index (κ1) is 14.5. The van der Waals surface area contributed by atoms with E-state index in [0.29, 0.717) is 5.56 Å². The van der Waals surface area contributed by atoms with Crippen LogP contribution in [0.15, 0.2) is 42.5 Å². The van der Waals surface area contributed by atoms with Crippen molar-refractivity contribution < 1.29 is 9.72 Å². The maximum absolute atomic E-state index is 12.0. The topological polar surface area (TPSA) is 96.0 Å². The van der Waals surface area contributed by atoms with Gasteiger partial charge in [-0.05, 0) is 36.4 Å². The zero-order chi connectivity index (χ0) is 15.4. The van der Waals surface area contributed by atoms with Crippen LogP contribution in [-0.4, -0.2) is 10.8 Å². The summed E-state index contributed by atoms with van der Waals surface area (Å²) < 4.78 is 0. The second kappa shape index (κ2) is 6.03. The van der Waals surface area contributed by atoms with Crippen LogP contribution in [0.5, 0.6) is 0 Å². The lowest BCUT2D eigenvalue weighted by Crippen LogP contribution is -2.13. The second-order valence-electron chi connectivity index (χ2n) is 4.06. The highest BCUT2D eigenvalue weighted by molar-refractivity contribution is 6.31. The van der Waals surface area contributed by atoms with Gasteiger partial charge in [-0.1, -0.05) is 11.6 Å². The number of hydrogen-bond donors (Lipinski definition) is 1. The van der Waals surface area contributed by atoms with Gasteiger partial charge in [0.15, 0.2) is 0 Å². The van der Waals surface area contributed by atoms with E-state index >= 15 is 0 Å². The molecule has 1 N–H and O–H groups in total. The first-order valence-electron chi connectivity index (χ1n) is 5.76. The number of nitro groups is 1. The lowest BCUT2D eigenvalue weighted by atomic mass is 10.1. The number of nitriles is 1. The first-order chi connectivity index (χ1) is 10.0. The van der Waals surface area contributed by atoms with Gasteiger partial charge in [-0.2, -0.15) is 5.26 Å². The molecule has 0 heterocycles. The molecule has 0 fully saturated rings. The molecule has 7 heteroatoms. The number of nitro benzene ring substituents is 1. The minimum Gasteiger partial charge on any atom is -0.316 e. The van der Waals surface area contributed by atoms with Gasteiger partial charge in [-0.15, -0.1) is 0 Å². The van der Waals surface area contributed by atoms with Crippen molar-refractivity contribution in [2.45, 2.75) is 0 Å².